The summed E-state index contributed by atoms with van der Waals surface area (Å²) in [4.78, 5) is 29.7. The van der Waals surface area contributed by atoms with E-state index in [4.69, 9.17) is 4.74 Å². The first kappa shape index (κ1) is 16.1. The molecule has 2 aromatic carbocycles. The molecule has 26 heavy (non-hydrogen) atoms. The zero-order valence-corrected chi connectivity index (χ0v) is 14.2. The quantitative estimate of drug-likeness (QED) is 0.756. The van der Waals surface area contributed by atoms with Crippen LogP contribution in [0.3, 0.4) is 0 Å². The van der Waals surface area contributed by atoms with E-state index in [0.717, 1.165) is 5.52 Å². The highest BCUT2D eigenvalue weighted by Gasteiger charge is 2.31. The van der Waals surface area contributed by atoms with Gasteiger partial charge >= 0.3 is 0 Å². The molecule has 2 heterocycles. The van der Waals surface area contributed by atoms with Crippen molar-refractivity contribution in [2.75, 3.05) is 17.2 Å². The molecule has 1 atom stereocenters. The number of para-hydroxylation sites is 4. The summed E-state index contributed by atoms with van der Waals surface area (Å²) in [6.45, 7) is 2.38. The maximum atomic E-state index is 12.7. The van der Waals surface area contributed by atoms with Gasteiger partial charge in [0.2, 0.25) is 17.8 Å². The predicted molar refractivity (Wildman–Crippen MR) is 98.6 cm³/mol. The SMILES string of the molecule is CCOc1ccccc1NC(=O)[C@@H]1CC(=O)n2c(nc3ccccc32)N1. The molecule has 2 N–H and O–H groups in total. The fourth-order valence-corrected chi connectivity index (χ4v) is 3.08. The number of amides is 1. The molecule has 1 aromatic heterocycles. The molecule has 3 aromatic rings. The number of carbonyl (C=O) groups is 2. The monoisotopic (exact) mass is 350 g/mol. The molecule has 1 aliphatic rings. The third-order valence-electron chi connectivity index (χ3n) is 4.25. The van der Waals surface area contributed by atoms with Crippen molar-refractivity contribution < 1.29 is 14.3 Å². The van der Waals surface area contributed by atoms with Gasteiger partial charge in [0, 0.05) is 0 Å². The van der Waals surface area contributed by atoms with E-state index in [2.05, 4.69) is 15.6 Å². The van der Waals surface area contributed by atoms with E-state index in [1.165, 1.54) is 4.57 Å². The van der Waals surface area contributed by atoms with Crippen LogP contribution in [0.2, 0.25) is 0 Å². The van der Waals surface area contributed by atoms with Crippen LogP contribution in [0.4, 0.5) is 11.6 Å². The van der Waals surface area contributed by atoms with Crippen LogP contribution in [0, 0.1) is 0 Å². The molecule has 0 bridgehead atoms. The van der Waals surface area contributed by atoms with Gasteiger partial charge in [-0.05, 0) is 31.2 Å². The molecular formula is C19H18N4O3. The van der Waals surface area contributed by atoms with Gasteiger partial charge in [-0.25, -0.2) is 9.55 Å². The Morgan fingerprint density at radius 1 is 1.27 bits per heavy atom. The van der Waals surface area contributed by atoms with Crippen molar-refractivity contribution >= 4 is 34.5 Å². The fourth-order valence-electron chi connectivity index (χ4n) is 3.08. The number of anilines is 2. The number of nitrogens with one attached hydrogen (secondary N) is 2. The standard InChI is InChI=1S/C19H18N4O3/c1-2-26-16-10-6-4-8-13(16)20-18(25)14-11-17(24)23-15-9-5-3-7-12(15)21-19(23)22-14/h3-10,14H,2,11H2,1H3,(H,20,25)(H,21,22)/t14-/m0/s1. The molecule has 4 rings (SSSR count). The summed E-state index contributed by atoms with van der Waals surface area (Å²) < 4.78 is 7.05. The normalized spacial score (nSPS) is 16.0. The average molecular weight is 350 g/mol. The van der Waals surface area contributed by atoms with E-state index in [9.17, 15) is 9.59 Å². The van der Waals surface area contributed by atoms with Crippen LogP contribution in [-0.2, 0) is 4.79 Å². The van der Waals surface area contributed by atoms with E-state index in [1.54, 1.807) is 12.1 Å². The molecule has 0 saturated carbocycles. The number of carbonyl (C=O) groups excluding carboxylic acids is 2. The number of fused-ring (bicyclic) bond motifs is 3. The zero-order chi connectivity index (χ0) is 18.1. The minimum Gasteiger partial charge on any atom is -0.492 e. The van der Waals surface area contributed by atoms with E-state index >= 15 is 0 Å². The minimum atomic E-state index is -0.693. The van der Waals surface area contributed by atoms with Gasteiger partial charge < -0.3 is 15.4 Å². The lowest BCUT2D eigenvalue weighted by Gasteiger charge is -2.24. The second-order valence-electron chi connectivity index (χ2n) is 5.97. The van der Waals surface area contributed by atoms with Crippen molar-refractivity contribution in [3.8, 4) is 5.75 Å². The molecule has 0 aliphatic carbocycles. The van der Waals surface area contributed by atoms with Gasteiger partial charge in [0.05, 0.1) is 29.7 Å². The number of rotatable bonds is 4. The highest BCUT2D eigenvalue weighted by atomic mass is 16.5. The molecule has 0 unspecified atom stereocenters. The second kappa shape index (κ2) is 6.51. The Hall–Kier alpha value is -3.35. The molecule has 0 radical (unpaired) electrons. The number of hydrogen-bond acceptors (Lipinski definition) is 5. The van der Waals surface area contributed by atoms with Crippen LogP contribution in [0.25, 0.3) is 11.0 Å². The summed E-state index contributed by atoms with van der Waals surface area (Å²) in [5.41, 5.74) is 2.03. The van der Waals surface area contributed by atoms with Gasteiger partial charge in [-0.2, -0.15) is 0 Å². The predicted octanol–water partition coefficient (Wildman–Crippen LogP) is 2.90. The molecule has 1 aliphatic heterocycles. The number of aromatic nitrogens is 2. The van der Waals surface area contributed by atoms with Crippen LogP contribution >= 0.6 is 0 Å². The number of imidazole rings is 1. The van der Waals surface area contributed by atoms with Crippen molar-refractivity contribution in [1.29, 1.82) is 0 Å². The summed E-state index contributed by atoms with van der Waals surface area (Å²) in [6, 6.07) is 13.9. The average Bonchev–Trinajstić information content (AvgIpc) is 3.02. The number of benzene rings is 2. The maximum absolute atomic E-state index is 12.7. The van der Waals surface area contributed by atoms with Gasteiger partial charge in [-0.1, -0.05) is 24.3 Å². The molecule has 7 nitrogen and oxygen atoms in total. The van der Waals surface area contributed by atoms with Crippen LogP contribution in [-0.4, -0.2) is 34.0 Å². The Kier molecular flexibility index (Phi) is 4.04. The van der Waals surface area contributed by atoms with Crippen molar-refractivity contribution in [2.24, 2.45) is 0 Å². The first-order chi connectivity index (χ1) is 12.7. The summed E-state index contributed by atoms with van der Waals surface area (Å²) in [7, 11) is 0. The molecule has 1 amide bonds. The third-order valence-corrected chi connectivity index (χ3v) is 4.25. The van der Waals surface area contributed by atoms with Crippen LogP contribution in [0.1, 0.15) is 18.1 Å². The highest BCUT2D eigenvalue weighted by molar-refractivity contribution is 6.04. The minimum absolute atomic E-state index is 0.0516. The largest absolute Gasteiger partial charge is 0.492 e. The Morgan fingerprint density at radius 2 is 2.04 bits per heavy atom. The van der Waals surface area contributed by atoms with Crippen molar-refractivity contribution in [1.82, 2.24) is 9.55 Å². The molecule has 132 valence electrons. The molecule has 0 spiro atoms. The van der Waals surface area contributed by atoms with Gasteiger partial charge in [-0.15, -0.1) is 0 Å². The Morgan fingerprint density at radius 3 is 2.88 bits per heavy atom. The van der Waals surface area contributed by atoms with E-state index in [0.29, 0.717) is 29.5 Å². The van der Waals surface area contributed by atoms with Gasteiger partial charge in [0.25, 0.3) is 0 Å². The highest BCUT2D eigenvalue weighted by Crippen LogP contribution is 2.27. The van der Waals surface area contributed by atoms with Gasteiger partial charge in [0.1, 0.15) is 11.8 Å². The topological polar surface area (TPSA) is 85.2 Å². The molecule has 0 fully saturated rings. The van der Waals surface area contributed by atoms with Crippen LogP contribution in [0.15, 0.2) is 48.5 Å². The Balaban J connectivity index is 1.58. The van der Waals surface area contributed by atoms with Crippen molar-refractivity contribution in [3.05, 3.63) is 48.5 Å². The Labute approximate surface area is 150 Å². The first-order valence-electron chi connectivity index (χ1n) is 8.47. The van der Waals surface area contributed by atoms with Crippen molar-refractivity contribution in [3.63, 3.8) is 0 Å². The van der Waals surface area contributed by atoms with E-state index in [-0.39, 0.29) is 18.2 Å². The smallest absolute Gasteiger partial charge is 0.247 e. The fraction of sp³-hybridized carbons (Fsp3) is 0.211. The van der Waals surface area contributed by atoms with Gasteiger partial charge in [0.15, 0.2) is 0 Å². The van der Waals surface area contributed by atoms with E-state index < -0.39 is 6.04 Å². The second-order valence-corrected chi connectivity index (χ2v) is 5.97. The zero-order valence-electron chi connectivity index (χ0n) is 14.2. The summed E-state index contributed by atoms with van der Waals surface area (Å²) in [6.07, 6.45) is 0.0516. The Bertz CT molecular complexity index is 995. The maximum Gasteiger partial charge on any atom is 0.247 e. The van der Waals surface area contributed by atoms with Crippen LogP contribution in [0.5, 0.6) is 5.75 Å². The summed E-state index contributed by atoms with van der Waals surface area (Å²) in [5.74, 6) is 0.521. The van der Waals surface area contributed by atoms with Crippen molar-refractivity contribution in [2.45, 2.75) is 19.4 Å². The third kappa shape index (κ3) is 2.77. The lowest BCUT2D eigenvalue weighted by atomic mass is 10.1. The van der Waals surface area contributed by atoms with Gasteiger partial charge in [-0.3, -0.25) is 9.59 Å². The molecule has 7 heteroatoms. The summed E-state index contributed by atoms with van der Waals surface area (Å²) >= 11 is 0. The van der Waals surface area contributed by atoms with Crippen LogP contribution < -0.4 is 15.4 Å². The lowest BCUT2D eigenvalue weighted by molar-refractivity contribution is -0.117. The number of hydrogen-bond donors (Lipinski definition) is 2. The first-order valence-corrected chi connectivity index (χ1v) is 8.47. The lowest BCUT2D eigenvalue weighted by Crippen LogP contribution is -2.42. The summed E-state index contributed by atoms with van der Waals surface area (Å²) in [5, 5.41) is 5.90. The molecule has 0 saturated heterocycles. The molecular weight excluding hydrogens is 332 g/mol. The number of nitrogens with zero attached hydrogens (tertiary/aromatic N) is 2. The van der Waals surface area contributed by atoms with E-state index in [1.807, 2.05) is 43.3 Å². The number of ether oxygens (including phenoxy) is 1.